The zero-order valence-electron chi connectivity index (χ0n) is 20.1. The molecule has 0 atom stereocenters. The van der Waals surface area contributed by atoms with Gasteiger partial charge in [0.25, 0.3) is 5.91 Å². The number of fused-ring (bicyclic) bond motifs is 1. The summed E-state index contributed by atoms with van der Waals surface area (Å²) in [7, 11) is 1.91. The highest BCUT2D eigenvalue weighted by molar-refractivity contribution is 6.31. The minimum Gasteiger partial charge on any atom is -0.486 e. The van der Waals surface area contributed by atoms with Crippen LogP contribution < -0.4 is 9.47 Å². The molecule has 0 aliphatic carbocycles. The number of ether oxygens (including phenoxy) is 3. The van der Waals surface area contributed by atoms with Gasteiger partial charge in [-0.2, -0.15) is 5.10 Å². The molecular weight excluding hydrogens is 482 g/mol. The van der Waals surface area contributed by atoms with Gasteiger partial charge in [0.15, 0.2) is 6.61 Å². The summed E-state index contributed by atoms with van der Waals surface area (Å²) in [4.78, 5) is 23.1. The van der Waals surface area contributed by atoms with Crippen LogP contribution in [0.2, 0.25) is 5.02 Å². The van der Waals surface area contributed by atoms with Crippen LogP contribution in [0.5, 0.6) is 11.5 Å². The summed E-state index contributed by atoms with van der Waals surface area (Å²) in [6, 6.07) is 9.84. The molecule has 1 saturated heterocycles. The molecule has 1 aliphatic heterocycles. The van der Waals surface area contributed by atoms with Crippen molar-refractivity contribution in [1.82, 2.24) is 24.6 Å². The first kappa shape index (κ1) is 24.0. The van der Waals surface area contributed by atoms with Crippen LogP contribution in [-0.4, -0.2) is 63.5 Å². The third-order valence-electron chi connectivity index (χ3n) is 6.08. The van der Waals surface area contributed by atoms with Gasteiger partial charge in [0, 0.05) is 49.2 Å². The summed E-state index contributed by atoms with van der Waals surface area (Å²) in [6.45, 7) is 4.14. The van der Waals surface area contributed by atoms with E-state index in [2.05, 4.69) is 10.1 Å². The molecule has 0 unspecified atom stereocenters. The fraction of sp³-hybridized carbons (Fsp3) is 0.308. The fourth-order valence-electron chi connectivity index (χ4n) is 4.22. The van der Waals surface area contributed by atoms with Gasteiger partial charge in [-0.05, 0) is 25.1 Å². The molecule has 0 N–H and O–H groups in total. The van der Waals surface area contributed by atoms with Crippen molar-refractivity contribution in [2.24, 2.45) is 7.05 Å². The summed E-state index contributed by atoms with van der Waals surface area (Å²) in [6.07, 6.45) is 4.85. The second-order valence-electron chi connectivity index (χ2n) is 8.47. The SMILES string of the molecule is Cc1cc(-c2ccnn2C)c2cccc(OCc3c(Cl)cncc3OCC(=O)N3CCOCC3)c2n1. The number of hydrogen-bond donors (Lipinski definition) is 0. The Morgan fingerprint density at radius 3 is 2.75 bits per heavy atom. The highest BCUT2D eigenvalue weighted by Gasteiger charge is 2.19. The number of benzene rings is 1. The Labute approximate surface area is 213 Å². The first-order valence-electron chi connectivity index (χ1n) is 11.6. The molecule has 4 heterocycles. The number of rotatable bonds is 7. The summed E-state index contributed by atoms with van der Waals surface area (Å²) >= 11 is 6.45. The molecule has 186 valence electrons. The molecule has 0 saturated carbocycles. The number of carbonyl (C=O) groups is 1. The number of aromatic nitrogens is 4. The maximum absolute atomic E-state index is 12.5. The molecule has 3 aromatic heterocycles. The van der Waals surface area contributed by atoms with Gasteiger partial charge in [-0.15, -0.1) is 0 Å². The Morgan fingerprint density at radius 2 is 1.97 bits per heavy atom. The molecule has 0 spiro atoms. The van der Waals surface area contributed by atoms with E-state index >= 15 is 0 Å². The molecule has 5 rings (SSSR count). The number of carbonyl (C=O) groups excluding carboxylic acids is 1. The molecule has 1 aliphatic rings. The number of amides is 1. The Morgan fingerprint density at radius 1 is 1.14 bits per heavy atom. The van der Waals surface area contributed by atoms with Crippen molar-refractivity contribution in [2.45, 2.75) is 13.5 Å². The maximum atomic E-state index is 12.5. The lowest BCUT2D eigenvalue weighted by molar-refractivity contribution is -0.137. The van der Waals surface area contributed by atoms with Gasteiger partial charge in [0.1, 0.15) is 23.6 Å². The van der Waals surface area contributed by atoms with Gasteiger partial charge in [0.2, 0.25) is 0 Å². The standard InChI is InChI=1S/C26H26ClN5O4/c1-17-12-19(22-6-7-29-31(22)2)18-4-3-5-23(26(18)30-17)35-15-20-21(27)13-28-14-24(20)36-16-25(33)32-8-10-34-11-9-32/h3-7,12-14H,8-11,15-16H2,1-2H3. The Hall–Kier alpha value is -3.69. The zero-order chi connectivity index (χ0) is 25.1. The van der Waals surface area contributed by atoms with E-state index in [0.29, 0.717) is 48.4 Å². The lowest BCUT2D eigenvalue weighted by Crippen LogP contribution is -2.43. The van der Waals surface area contributed by atoms with Crippen molar-refractivity contribution >= 4 is 28.4 Å². The van der Waals surface area contributed by atoms with E-state index in [4.69, 9.17) is 30.8 Å². The molecule has 36 heavy (non-hydrogen) atoms. The van der Waals surface area contributed by atoms with Gasteiger partial charge >= 0.3 is 0 Å². The van der Waals surface area contributed by atoms with Crippen LogP contribution in [0.3, 0.4) is 0 Å². The predicted octanol–water partition coefficient (Wildman–Crippen LogP) is 3.81. The average Bonchev–Trinajstić information content (AvgIpc) is 3.32. The number of aryl methyl sites for hydroxylation is 2. The van der Waals surface area contributed by atoms with E-state index in [0.717, 1.165) is 27.9 Å². The van der Waals surface area contributed by atoms with Crippen molar-refractivity contribution in [3.8, 4) is 22.8 Å². The van der Waals surface area contributed by atoms with Crippen LogP contribution in [-0.2, 0) is 23.2 Å². The lowest BCUT2D eigenvalue weighted by atomic mass is 10.0. The smallest absolute Gasteiger partial charge is 0.260 e. The van der Waals surface area contributed by atoms with Crippen LogP contribution in [0.15, 0.2) is 48.9 Å². The van der Waals surface area contributed by atoms with Gasteiger partial charge < -0.3 is 19.1 Å². The van der Waals surface area contributed by atoms with E-state index in [1.165, 1.54) is 6.20 Å². The minimum atomic E-state index is -0.113. The molecule has 1 amide bonds. The van der Waals surface area contributed by atoms with E-state index in [1.807, 2.05) is 49.0 Å². The molecule has 1 fully saturated rings. The number of halogens is 1. The van der Waals surface area contributed by atoms with Gasteiger partial charge in [0.05, 0.1) is 35.7 Å². The van der Waals surface area contributed by atoms with Crippen LogP contribution >= 0.6 is 11.6 Å². The van der Waals surface area contributed by atoms with Crippen LogP contribution in [0.25, 0.3) is 22.2 Å². The van der Waals surface area contributed by atoms with Gasteiger partial charge in [-0.1, -0.05) is 23.7 Å². The minimum absolute atomic E-state index is 0.110. The number of pyridine rings is 2. The molecule has 10 heteroatoms. The fourth-order valence-corrected chi connectivity index (χ4v) is 4.42. The number of morpholine rings is 1. The first-order chi connectivity index (χ1) is 17.5. The average molecular weight is 508 g/mol. The maximum Gasteiger partial charge on any atom is 0.260 e. The highest BCUT2D eigenvalue weighted by atomic mass is 35.5. The molecule has 1 aromatic carbocycles. The van der Waals surface area contributed by atoms with E-state index in [9.17, 15) is 4.79 Å². The van der Waals surface area contributed by atoms with E-state index in [1.54, 1.807) is 17.3 Å². The summed E-state index contributed by atoms with van der Waals surface area (Å²) in [5, 5.41) is 5.65. The molecular formula is C26H26ClN5O4. The zero-order valence-corrected chi connectivity index (χ0v) is 20.9. The molecule has 0 radical (unpaired) electrons. The first-order valence-corrected chi connectivity index (χ1v) is 12.0. The van der Waals surface area contributed by atoms with E-state index in [-0.39, 0.29) is 19.1 Å². The Bertz CT molecular complexity index is 1400. The summed E-state index contributed by atoms with van der Waals surface area (Å²) < 4.78 is 19.2. The van der Waals surface area contributed by atoms with Crippen molar-refractivity contribution in [3.05, 3.63) is 65.2 Å². The van der Waals surface area contributed by atoms with Crippen LogP contribution in [0.1, 0.15) is 11.3 Å². The largest absolute Gasteiger partial charge is 0.486 e. The second kappa shape index (κ2) is 10.5. The Balaban J connectivity index is 1.38. The van der Waals surface area contributed by atoms with Crippen LogP contribution in [0, 0.1) is 6.92 Å². The monoisotopic (exact) mass is 507 g/mol. The summed E-state index contributed by atoms with van der Waals surface area (Å²) in [5.74, 6) is 0.911. The number of hydrogen-bond acceptors (Lipinski definition) is 7. The molecule has 0 bridgehead atoms. The molecule has 4 aromatic rings. The van der Waals surface area contributed by atoms with Crippen molar-refractivity contribution in [3.63, 3.8) is 0 Å². The number of para-hydroxylation sites is 1. The second-order valence-corrected chi connectivity index (χ2v) is 8.88. The topological polar surface area (TPSA) is 91.6 Å². The lowest BCUT2D eigenvalue weighted by Gasteiger charge is -2.26. The predicted molar refractivity (Wildman–Crippen MR) is 135 cm³/mol. The van der Waals surface area contributed by atoms with Crippen molar-refractivity contribution < 1.29 is 19.0 Å². The normalized spacial score (nSPS) is 13.7. The third-order valence-corrected chi connectivity index (χ3v) is 6.41. The Kier molecular flexibility index (Phi) is 7.02. The quantitative estimate of drug-likeness (QED) is 0.375. The summed E-state index contributed by atoms with van der Waals surface area (Å²) in [5.41, 5.74) is 4.22. The molecule has 9 nitrogen and oxygen atoms in total. The van der Waals surface area contributed by atoms with Crippen molar-refractivity contribution in [1.29, 1.82) is 0 Å². The van der Waals surface area contributed by atoms with Crippen LogP contribution in [0.4, 0.5) is 0 Å². The highest BCUT2D eigenvalue weighted by Crippen LogP contribution is 2.34. The van der Waals surface area contributed by atoms with Crippen molar-refractivity contribution in [2.75, 3.05) is 32.9 Å². The van der Waals surface area contributed by atoms with Gasteiger partial charge in [-0.3, -0.25) is 14.5 Å². The third kappa shape index (κ3) is 4.98. The van der Waals surface area contributed by atoms with Gasteiger partial charge in [-0.25, -0.2) is 4.98 Å². The van der Waals surface area contributed by atoms with E-state index < -0.39 is 0 Å². The number of nitrogens with zero attached hydrogens (tertiary/aromatic N) is 5.